The number of nitrogens with zero attached hydrogens (tertiary/aromatic N) is 19. The van der Waals surface area contributed by atoms with E-state index in [-0.39, 0.29) is 17.6 Å². The molecule has 2 aliphatic rings. The van der Waals surface area contributed by atoms with Crippen LogP contribution in [0.3, 0.4) is 0 Å². The predicted octanol–water partition coefficient (Wildman–Crippen LogP) is 9.69. The van der Waals surface area contributed by atoms with Gasteiger partial charge in [-0.15, -0.1) is 0 Å². The summed E-state index contributed by atoms with van der Waals surface area (Å²) in [7, 11) is 11.4. The van der Waals surface area contributed by atoms with Crippen molar-refractivity contribution in [3.8, 4) is 101 Å². The number of aryl methyl sites for hydroxylation is 6. The Morgan fingerprint density at radius 1 is 0.510 bits per heavy atom. The number of ketones is 1. The van der Waals surface area contributed by atoms with Crippen LogP contribution in [-0.4, -0.2) is 164 Å². The van der Waals surface area contributed by atoms with Gasteiger partial charge in [0.2, 0.25) is 5.91 Å². The molecule has 12 aromatic rings. The van der Waals surface area contributed by atoms with E-state index in [1.165, 1.54) is 0 Å². The van der Waals surface area contributed by atoms with Crippen molar-refractivity contribution in [3.63, 3.8) is 0 Å². The summed E-state index contributed by atoms with van der Waals surface area (Å²) < 4.78 is 16.1. The maximum absolute atomic E-state index is 11.8. The first kappa shape index (κ1) is 66.6. The Kier molecular flexibility index (Phi) is 21.4. The van der Waals surface area contributed by atoms with Gasteiger partial charge in [-0.1, -0.05) is 54.6 Å². The average Bonchev–Trinajstić information content (AvgIpc) is 1.54. The number of aromatic nitrogens is 18. The molecule has 0 bridgehead atoms. The molecule has 502 valence electrons. The number of benzene rings is 3. The number of ether oxygens (including phenoxy) is 1. The first-order valence-electron chi connectivity index (χ1n) is 32.9. The Balaban J connectivity index is 0.000000140. The zero-order valence-corrected chi connectivity index (χ0v) is 56.3. The Labute approximate surface area is 568 Å². The minimum atomic E-state index is 0.105. The van der Waals surface area contributed by atoms with Crippen LogP contribution in [0.25, 0.3) is 101 Å². The molecule has 26 heteroatoms. The van der Waals surface area contributed by atoms with Gasteiger partial charge in [0.1, 0.15) is 23.2 Å². The van der Waals surface area contributed by atoms with E-state index in [0.29, 0.717) is 55.8 Å². The molecule has 9 aromatic heterocycles. The van der Waals surface area contributed by atoms with Crippen LogP contribution in [0.2, 0.25) is 0 Å². The van der Waals surface area contributed by atoms with Crippen LogP contribution in [0.15, 0.2) is 165 Å². The summed E-state index contributed by atoms with van der Waals surface area (Å²) in [4.78, 5) is 54.1. The van der Waals surface area contributed by atoms with Crippen LogP contribution >= 0.6 is 0 Å². The second-order valence-electron chi connectivity index (χ2n) is 24.5. The van der Waals surface area contributed by atoms with E-state index in [1.54, 1.807) is 41.2 Å². The topological polar surface area (TPSA) is 279 Å². The van der Waals surface area contributed by atoms with Gasteiger partial charge < -0.3 is 30.8 Å². The molecular weight excluding hydrogens is 1230 g/mol. The van der Waals surface area contributed by atoms with Crippen molar-refractivity contribution in [2.75, 3.05) is 75.0 Å². The molecule has 0 aliphatic carbocycles. The second-order valence-corrected chi connectivity index (χ2v) is 24.5. The van der Waals surface area contributed by atoms with Crippen LogP contribution in [0.4, 0.5) is 17.5 Å². The number of Topliss-reactive ketones (excluding diaryl/α,β-unsaturated/α-hetero) is 1. The number of nitrogens with one attached hydrogen (secondary N) is 4. The lowest BCUT2D eigenvalue weighted by Gasteiger charge is -2.26. The third kappa shape index (κ3) is 17.4. The van der Waals surface area contributed by atoms with Crippen molar-refractivity contribution in [2.24, 2.45) is 48.2 Å². The number of anilines is 3. The summed E-state index contributed by atoms with van der Waals surface area (Å²) >= 11 is 0. The maximum Gasteiger partial charge on any atom is 0.220 e. The molecule has 1 atom stereocenters. The van der Waals surface area contributed by atoms with Gasteiger partial charge in [-0.3, -0.25) is 37.8 Å². The molecule has 2 aliphatic heterocycles. The number of carbonyl (C=O) groups is 2. The van der Waals surface area contributed by atoms with Crippen molar-refractivity contribution in [1.29, 1.82) is 0 Å². The van der Waals surface area contributed by atoms with Crippen LogP contribution < -0.4 is 21.3 Å². The van der Waals surface area contributed by atoms with Gasteiger partial charge in [0, 0.05) is 184 Å². The highest BCUT2D eigenvalue weighted by molar-refractivity contribution is 5.80. The molecule has 0 saturated carbocycles. The van der Waals surface area contributed by atoms with Gasteiger partial charge >= 0.3 is 0 Å². The lowest BCUT2D eigenvalue weighted by molar-refractivity contribution is -0.123. The summed E-state index contributed by atoms with van der Waals surface area (Å²) in [6.07, 6.45) is 26.5. The summed E-state index contributed by atoms with van der Waals surface area (Å²) in [5.74, 6) is 4.72. The number of carbonyl (C=O) groups excluding carboxylic acids is 2. The van der Waals surface area contributed by atoms with E-state index < -0.39 is 0 Å². The minimum Gasteiger partial charge on any atom is -0.379 e. The van der Waals surface area contributed by atoms with E-state index in [4.69, 9.17) is 24.7 Å². The standard InChI is InChI=1S/C25H30N8O.C24H26N8O.C23H25N7O/c1-31-10-7-23(30-31)22-17-27-24(20-6-3-5-19(15-20)21-16-28-32(2)18-21)29-25(22)26-8-4-9-33-11-13-34-14-12-33;1-31-9-7-21(30-31)20-14-27-23(29-24(20)26-12-16-6-8-25-22(33)10-16)18-5-3-4-17(11-18)19-13-28-32(2)15-19;1-16(31)6-5-10-24-23-20(21-9-11-29(2)28-21)14-25-22(27-23)18-8-4-7-17(12-18)19-13-26-30(3)15-19/h3,5-7,10,15-18H,4,8-9,11-14H2,1-2H3,(H,26,27,29);3-5,7,9,11,13-16H,6,8,10,12H2,1-2H3,(H,25,33)(H,26,27,29);4,7-9,11-15H,5-6,10H2,1-3H3,(H,24,25,27). The number of morpholine rings is 1. The fourth-order valence-electron chi connectivity index (χ4n) is 11.6. The van der Waals surface area contributed by atoms with Gasteiger partial charge in [-0.25, -0.2) is 29.9 Å². The van der Waals surface area contributed by atoms with E-state index in [0.717, 1.165) is 154 Å². The maximum atomic E-state index is 11.8. The highest BCUT2D eigenvalue weighted by Crippen LogP contribution is 2.34. The van der Waals surface area contributed by atoms with Gasteiger partial charge in [0.05, 0.1) is 65.6 Å². The van der Waals surface area contributed by atoms with Crippen LogP contribution in [0.1, 0.15) is 39.0 Å². The minimum absolute atomic E-state index is 0.105. The van der Waals surface area contributed by atoms with Crippen molar-refractivity contribution >= 4 is 29.1 Å². The number of piperidine rings is 1. The first-order valence-corrected chi connectivity index (χ1v) is 32.9. The monoisotopic (exact) mass is 1320 g/mol. The Bertz CT molecular complexity index is 4660. The molecule has 0 radical (unpaired) electrons. The van der Waals surface area contributed by atoms with Gasteiger partial charge in [0.15, 0.2) is 17.5 Å². The summed E-state index contributed by atoms with van der Waals surface area (Å²) in [5.41, 5.74) is 14.2. The van der Waals surface area contributed by atoms with Gasteiger partial charge in [-0.2, -0.15) is 30.6 Å². The lowest BCUT2D eigenvalue weighted by atomic mass is 9.97. The number of amides is 1. The number of rotatable bonds is 22. The molecule has 2 fully saturated rings. The Hall–Kier alpha value is -11.4. The fourth-order valence-corrected chi connectivity index (χ4v) is 11.6. The van der Waals surface area contributed by atoms with Crippen LogP contribution in [0, 0.1) is 5.92 Å². The molecule has 4 N–H and O–H groups in total. The predicted molar refractivity (Wildman–Crippen MR) is 379 cm³/mol. The lowest BCUT2D eigenvalue weighted by Crippen LogP contribution is -2.37. The summed E-state index contributed by atoms with van der Waals surface area (Å²) in [6, 6.07) is 30.3. The van der Waals surface area contributed by atoms with Crippen LogP contribution in [0.5, 0.6) is 0 Å². The molecule has 26 nitrogen and oxygen atoms in total. The smallest absolute Gasteiger partial charge is 0.220 e. The van der Waals surface area contributed by atoms with E-state index in [9.17, 15) is 9.59 Å². The summed E-state index contributed by atoms with van der Waals surface area (Å²) in [6.45, 7) is 9.16. The number of hydrogen-bond acceptors (Lipinski definition) is 19. The highest BCUT2D eigenvalue weighted by Gasteiger charge is 2.22. The first-order chi connectivity index (χ1) is 47.7. The number of hydrogen-bond donors (Lipinski definition) is 4. The van der Waals surface area contributed by atoms with Crippen molar-refractivity contribution in [2.45, 2.75) is 39.0 Å². The molecule has 2 saturated heterocycles. The Morgan fingerprint density at radius 2 is 0.918 bits per heavy atom. The quantitative estimate of drug-likeness (QED) is 0.0459. The summed E-state index contributed by atoms with van der Waals surface area (Å²) in [5, 5.41) is 39.7. The zero-order chi connectivity index (χ0) is 67.9. The van der Waals surface area contributed by atoms with Gasteiger partial charge in [0.25, 0.3) is 0 Å². The van der Waals surface area contributed by atoms with E-state index in [1.807, 2.05) is 171 Å². The molecule has 98 heavy (non-hydrogen) atoms. The molecule has 11 heterocycles. The van der Waals surface area contributed by atoms with Crippen molar-refractivity contribution in [1.82, 2.24) is 98.8 Å². The zero-order valence-electron chi connectivity index (χ0n) is 56.3. The van der Waals surface area contributed by atoms with Crippen LogP contribution in [-0.2, 0) is 56.6 Å². The molecule has 0 spiro atoms. The normalized spacial score (nSPS) is 13.8. The second kappa shape index (κ2) is 31.5. The SMILES string of the molecule is CC(=O)CCCNc1nc(-c2cccc(-c3cnn(C)c3)c2)ncc1-c1ccn(C)n1.Cn1cc(-c2cccc(-c3ncc(-c4ccn(C)n4)c(NCC4CCNC(=O)C4)n3)c2)cn1.Cn1cc(-c2cccc(-c3ncc(-c4ccn(C)n4)c(NCCCN4CCOCC4)n3)c2)cn1. The largest absolute Gasteiger partial charge is 0.379 e. The van der Waals surface area contributed by atoms with Gasteiger partial charge in [-0.05, 0) is 91.7 Å². The highest BCUT2D eigenvalue weighted by atomic mass is 16.5. The fraction of sp³-hybridized carbons (Fsp3) is 0.306. The molecule has 3 aromatic carbocycles. The van der Waals surface area contributed by atoms with E-state index >= 15 is 0 Å². The third-order valence-corrected chi connectivity index (χ3v) is 16.8. The molecule has 1 unspecified atom stereocenters. The van der Waals surface area contributed by atoms with E-state index in [2.05, 4.69) is 97.1 Å². The molecule has 1 amide bonds. The Morgan fingerprint density at radius 3 is 1.30 bits per heavy atom. The molecular formula is C72H81N23O3. The third-order valence-electron chi connectivity index (χ3n) is 16.8. The van der Waals surface area contributed by atoms with Crippen molar-refractivity contribution in [3.05, 3.63) is 165 Å². The molecule has 14 rings (SSSR count). The van der Waals surface area contributed by atoms with Crippen molar-refractivity contribution < 1.29 is 14.3 Å². The average molecular weight is 1320 g/mol.